The van der Waals surface area contributed by atoms with Gasteiger partial charge in [-0.2, -0.15) is 5.92 Å². The van der Waals surface area contributed by atoms with Crippen molar-refractivity contribution in [3.8, 4) is 0 Å². The van der Waals surface area contributed by atoms with Crippen LogP contribution in [0.15, 0.2) is 44.6 Å². The molecule has 0 atom stereocenters. The Morgan fingerprint density at radius 2 is 0.958 bits per heavy atom. The summed E-state index contributed by atoms with van der Waals surface area (Å²) in [6.45, 7) is 27.6. The van der Waals surface area contributed by atoms with Gasteiger partial charge in [-0.15, -0.1) is 33.4 Å². The van der Waals surface area contributed by atoms with Crippen molar-refractivity contribution in [3.05, 3.63) is 57.4 Å². The van der Waals surface area contributed by atoms with Gasteiger partial charge in [0.2, 0.25) is 0 Å². The number of allylic oxidation sites excluding steroid dienone is 8. The predicted octanol–water partition coefficient (Wildman–Crippen LogP) is 7.17. The fourth-order valence-corrected chi connectivity index (χ4v) is 4.77. The summed E-state index contributed by atoms with van der Waals surface area (Å²) in [6.07, 6.45) is 0.854. The normalized spacial score (nSPS) is 22.6. The van der Waals surface area contributed by atoms with E-state index in [4.69, 9.17) is 0 Å². The van der Waals surface area contributed by atoms with Crippen molar-refractivity contribution in [2.75, 3.05) is 0 Å². The first kappa shape index (κ1) is 21.8. The zero-order chi connectivity index (χ0) is 17.9. The molecule has 0 aromatic heterocycles. The van der Waals surface area contributed by atoms with Gasteiger partial charge in [0.25, 0.3) is 0 Å². The molecule has 130 valence electrons. The van der Waals surface area contributed by atoms with E-state index < -0.39 is 0 Å². The van der Waals surface area contributed by atoms with Crippen LogP contribution in [0, 0.1) is 23.7 Å². The minimum Gasteiger partial charge on any atom is -0.350 e. The van der Waals surface area contributed by atoms with Crippen LogP contribution in [-0.2, 0) is 26.2 Å². The Kier molecular flexibility index (Phi) is 6.15. The van der Waals surface area contributed by atoms with E-state index >= 15 is 0 Å². The molecule has 0 aliphatic heterocycles. The molecule has 0 aromatic carbocycles. The molecule has 0 fully saturated rings. The maximum Gasteiger partial charge on any atom is 2.00 e. The molecule has 0 saturated heterocycles. The minimum absolute atomic E-state index is 0. The molecule has 2 rings (SSSR count). The second-order valence-electron chi connectivity index (χ2n) is 8.48. The second-order valence-corrected chi connectivity index (χ2v) is 8.48. The van der Waals surface area contributed by atoms with Gasteiger partial charge >= 0.3 is 26.2 Å². The SMILES string of the molecule is [CH2-]C[C-](C1=C(C)C(C)=C(C)C1(C)C)C1=C(C)C(C)=C(C)C1(C)C.[Zr+2]. The summed E-state index contributed by atoms with van der Waals surface area (Å²) < 4.78 is 0. The Balaban J connectivity index is 0.00000288. The Bertz CT molecular complexity index is 617. The Labute approximate surface area is 169 Å². The van der Waals surface area contributed by atoms with E-state index in [1.165, 1.54) is 50.5 Å². The van der Waals surface area contributed by atoms with Crippen LogP contribution < -0.4 is 0 Å². The van der Waals surface area contributed by atoms with E-state index in [-0.39, 0.29) is 37.0 Å². The summed E-state index contributed by atoms with van der Waals surface area (Å²) in [5.74, 6) is 1.47. The maximum absolute atomic E-state index is 4.33. The van der Waals surface area contributed by atoms with Crippen LogP contribution in [0.2, 0.25) is 0 Å². The monoisotopic (exact) mass is 400 g/mol. The third-order valence-electron chi connectivity index (χ3n) is 6.98. The molecule has 0 heterocycles. The summed E-state index contributed by atoms with van der Waals surface area (Å²) >= 11 is 0. The number of hydrogen-bond donors (Lipinski definition) is 0. The van der Waals surface area contributed by atoms with Crippen molar-refractivity contribution in [1.82, 2.24) is 0 Å². The van der Waals surface area contributed by atoms with E-state index in [9.17, 15) is 0 Å². The van der Waals surface area contributed by atoms with Gasteiger partial charge in [-0.3, -0.25) is 0 Å². The molecule has 0 bridgehead atoms. The summed E-state index contributed by atoms with van der Waals surface area (Å²) in [4.78, 5) is 0. The first-order chi connectivity index (χ1) is 10.4. The standard InChI is InChI=1S/C23H34.Zr/c1-12-19(20-15(4)13(2)17(6)22(20,8)9)21-16(5)14(3)18(7)23(21,10)11;/h1,12H2,2-11H3;/q-2;+2. The smallest absolute Gasteiger partial charge is 0.350 e. The first-order valence-electron chi connectivity index (χ1n) is 8.85. The summed E-state index contributed by atoms with van der Waals surface area (Å²) in [7, 11) is 0. The zero-order valence-electron chi connectivity index (χ0n) is 17.4. The van der Waals surface area contributed by atoms with Crippen molar-refractivity contribution >= 4 is 0 Å². The van der Waals surface area contributed by atoms with Crippen LogP contribution >= 0.6 is 0 Å². The molecule has 24 heavy (non-hydrogen) atoms. The van der Waals surface area contributed by atoms with Crippen LogP contribution in [0.1, 0.15) is 75.7 Å². The van der Waals surface area contributed by atoms with Crippen LogP contribution in [0.25, 0.3) is 0 Å². The van der Waals surface area contributed by atoms with Gasteiger partial charge in [-0.05, 0) is 24.7 Å². The van der Waals surface area contributed by atoms with E-state index in [2.05, 4.69) is 76.2 Å². The average Bonchev–Trinajstić information content (AvgIpc) is 2.72. The molecular formula is C23H34Zr. The predicted molar refractivity (Wildman–Crippen MR) is 103 cm³/mol. The zero-order valence-corrected chi connectivity index (χ0v) is 19.9. The Morgan fingerprint density at radius 3 is 1.12 bits per heavy atom. The van der Waals surface area contributed by atoms with Gasteiger partial charge in [-0.1, -0.05) is 66.5 Å². The quantitative estimate of drug-likeness (QED) is 0.440. The second kappa shape index (κ2) is 6.79. The Hall–Kier alpha value is -0.287. The molecular weight excluding hydrogens is 367 g/mol. The fraction of sp³-hybridized carbons (Fsp3) is 0.565. The number of hydrogen-bond acceptors (Lipinski definition) is 0. The first-order valence-corrected chi connectivity index (χ1v) is 8.85. The number of rotatable bonds is 3. The fourth-order valence-electron chi connectivity index (χ4n) is 4.77. The van der Waals surface area contributed by atoms with E-state index in [0.717, 1.165) is 6.42 Å². The van der Waals surface area contributed by atoms with Crippen molar-refractivity contribution in [2.24, 2.45) is 10.8 Å². The molecule has 0 radical (unpaired) electrons. The van der Waals surface area contributed by atoms with Gasteiger partial charge in [0, 0.05) is 0 Å². The van der Waals surface area contributed by atoms with Crippen LogP contribution in [-0.4, -0.2) is 0 Å². The van der Waals surface area contributed by atoms with Crippen LogP contribution in [0.3, 0.4) is 0 Å². The molecule has 0 spiro atoms. The Morgan fingerprint density at radius 1 is 0.667 bits per heavy atom. The molecule has 2 aliphatic carbocycles. The van der Waals surface area contributed by atoms with Crippen LogP contribution in [0.4, 0.5) is 0 Å². The summed E-state index contributed by atoms with van der Waals surface area (Å²) in [5.41, 5.74) is 12.1. The maximum atomic E-state index is 4.33. The molecule has 0 amide bonds. The van der Waals surface area contributed by atoms with Gasteiger partial charge in [0.15, 0.2) is 0 Å². The molecule has 0 unspecified atom stereocenters. The van der Waals surface area contributed by atoms with Gasteiger partial charge < -0.3 is 6.92 Å². The van der Waals surface area contributed by atoms with Gasteiger partial charge in [-0.25, -0.2) is 6.42 Å². The topological polar surface area (TPSA) is 0 Å². The van der Waals surface area contributed by atoms with E-state index in [1.54, 1.807) is 0 Å². The largest absolute Gasteiger partial charge is 2.00 e. The molecule has 0 N–H and O–H groups in total. The van der Waals surface area contributed by atoms with E-state index in [1.807, 2.05) is 0 Å². The van der Waals surface area contributed by atoms with Crippen molar-refractivity contribution in [2.45, 2.75) is 75.7 Å². The molecule has 1 heteroatoms. The summed E-state index contributed by atoms with van der Waals surface area (Å²) in [6, 6.07) is 0. The molecule has 0 nitrogen and oxygen atoms in total. The van der Waals surface area contributed by atoms with Crippen LogP contribution in [0.5, 0.6) is 0 Å². The molecule has 0 saturated carbocycles. The van der Waals surface area contributed by atoms with Crippen molar-refractivity contribution in [3.63, 3.8) is 0 Å². The minimum atomic E-state index is 0. The van der Waals surface area contributed by atoms with Crippen molar-refractivity contribution in [1.29, 1.82) is 0 Å². The third kappa shape index (κ3) is 2.80. The molecule has 0 aromatic rings. The average molecular weight is 402 g/mol. The van der Waals surface area contributed by atoms with Crippen molar-refractivity contribution < 1.29 is 26.2 Å². The van der Waals surface area contributed by atoms with Gasteiger partial charge in [0.1, 0.15) is 0 Å². The van der Waals surface area contributed by atoms with E-state index in [0.29, 0.717) is 0 Å². The summed E-state index contributed by atoms with van der Waals surface area (Å²) in [5, 5.41) is 0. The third-order valence-corrected chi connectivity index (χ3v) is 6.98. The molecule has 2 aliphatic rings. The van der Waals surface area contributed by atoms with Gasteiger partial charge in [0.05, 0.1) is 0 Å².